The standard InChI is InChI=1S/C16H18N2O4S/c1-9-7-14(18-22-9)17-15(19)10(2)21-16(20)12-8-23-13-6-4-3-5-11(12)13/h7-8,10H,3-6H2,1-2H3,(H,17,18,19)/t10-/m1/s1. The van der Waals surface area contributed by atoms with Crippen molar-refractivity contribution in [3.05, 3.63) is 33.2 Å². The molecule has 6 nitrogen and oxygen atoms in total. The van der Waals surface area contributed by atoms with Crippen molar-refractivity contribution in [1.29, 1.82) is 0 Å². The normalized spacial score (nSPS) is 14.9. The van der Waals surface area contributed by atoms with Crippen LogP contribution in [0, 0.1) is 6.92 Å². The number of amides is 1. The summed E-state index contributed by atoms with van der Waals surface area (Å²) in [6.07, 6.45) is 3.28. The van der Waals surface area contributed by atoms with Crippen LogP contribution in [-0.2, 0) is 22.4 Å². The van der Waals surface area contributed by atoms with Gasteiger partial charge in [-0.1, -0.05) is 5.16 Å². The molecule has 0 fully saturated rings. The monoisotopic (exact) mass is 334 g/mol. The first-order chi connectivity index (χ1) is 11.0. The Morgan fingerprint density at radius 3 is 2.91 bits per heavy atom. The van der Waals surface area contributed by atoms with Crippen LogP contribution < -0.4 is 5.32 Å². The number of nitrogens with one attached hydrogen (secondary N) is 1. The second-order valence-corrected chi connectivity index (χ2v) is 6.58. The van der Waals surface area contributed by atoms with Gasteiger partial charge in [0.15, 0.2) is 11.9 Å². The average Bonchev–Trinajstić information content (AvgIpc) is 3.13. The summed E-state index contributed by atoms with van der Waals surface area (Å²) in [7, 11) is 0. The lowest BCUT2D eigenvalue weighted by Crippen LogP contribution is -2.30. The molecule has 7 heteroatoms. The Morgan fingerprint density at radius 2 is 2.17 bits per heavy atom. The lowest BCUT2D eigenvalue weighted by Gasteiger charge is -2.15. The van der Waals surface area contributed by atoms with Crippen molar-refractivity contribution in [3.63, 3.8) is 0 Å². The average molecular weight is 334 g/mol. The highest BCUT2D eigenvalue weighted by molar-refractivity contribution is 7.10. The molecule has 1 aliphatic rings. The fourth-order valence-corrected chi connectivity index (χ4v) is 3.71. The van der Waals surface area contributed by atoms with E-state index in [1.54, 1.807) is 31.3 Å². The number of carbonyl (C=O) groups excluding carboxylic acids is 2. The first-order valence-electron chi connectivity index (χ1n) is 7.59. The number of anilines is 1. The van der Waals surface area contributed by atoms with Gasteiger partial charge in [0.2, 0.25) is 0 Å². The van der Waals surface area contributed by atoms with Crippen molar-refractivity contribution in [2.45, 2.75) is 45.6 Å². The summed E-state index contributed by atoms with van der Waals surface area (Å²) >= 11 is 1.60. The summed E-state index contributed by atoms with van der Waals surface area (Å²) in [5.41, 5.74) is 1.69. The number of hydrogen-bond donors (Lipinski definition) is 1. The second-order valence-electron chi connectivity index (χ2n) is 5.62. The summed E-state index contributed by atoms with van der Waals surface area (Å²) in [4.78, 5) is 25.6. The Hall–Kier alpha value is -2.15. The van der Waals surface area contributed by atoms with Crippen LogP contribution in [-0.4, -0.2) is 23.1 Å². The molecule has 0 saturated carbocycles. The Bertz CT molecular complexity index is 734. The number of ether oxygens (including phenoxy) is 1. The molecule has 23 heavy (non-hydrogen) atoms. The number of fused-ring (bicyclic) bond motifs is 1. The van der Waals surface area contributed by atoms with Gasteiger partial charge in [-0.2, -0.15) is 0 Å². The number of aromatic nitrogens is 1. The lowest BCUT2D eigenvalue weighted by molar-refractivity contribution is -0.123. The van der Waals surface area contributed by atoms with Crippen LogP contribution in [0.2, 0.25) is 0 Å². The van der Waals surface area contributed by atoms with Gasteiger partial charge in [0, 0.05) is 16.3 Å². The molecule has 1 atom stereocenters. The predicted molar refractivity (Wildman–Crippen MR) is 85.7 cm³/mol. The third-order valence-corrected chi connectivity index (χ3v) is 4.90. The van der Waals surface area contributed by atoms with Crippen LogP contribution in [0.15, 0.2) is 16.0 Å². The Kier molecular flexibility index (Phi) is 4.47. The minimum atomic E-state index is -0.904. The first kappa shape index (κ1) is 15.7. The molecule has 1 amide bonds. The number of hydrogen-bond acceptors (Lipinski definition) is 6. The highest BCUT2D eigenvalue weighted by Crippen LogP contribution is 2.30. The number of thiophene rings is 1. The summed E-state index contributed by atoms with van der Waals surface area (Å²) in [5.74, 6) is 0.0253. The molecule has 0 spiro atoms. The number of esters is 1. The fourth-order valence-electron chi connectivity index (χ4n) is 2.60. The van der Waals surface area contributed by atoms with Crippen molar-refractivity contribution < 1.29 is 18.8 Å². The zero-order valence-corrected chi connectivity index (χ0v) is 13.9. The maximum atomic E-state index is 12.3. The highest BCUT2D eigenvalue weighted by Gasteiger charge is 2.25. The van der Waals surface area contributed by atoms with Gasteiger partial charge in [-0.05, 0) is 45.1 Å². The van der Waals surface area contributed by atoms with Gasteiger partial charge in [0.1, 0.15) is 5.76 Å². The molecule has 0 unspecified atom stereocenters. The van der Waals surface area contributed by atoms with Crippen molar-refractivity contribution in [3.8, 4) is 0 Å². The van der Waals surface area contributed by atoms with E-state index in [1.165, 1.54) is 4.88 Å². The summed E-state index contributed by atoms with van der Waals surface area (Å²) in [6, 6.07) is 1.60. The Labute approximate surface area is 137 Å². The van der Waals surface area contributed by atoms with E-state index in [2.05, 4.69) is 10.5 Å². The maximum absolute atomic E-state index is 12.3. The number of nitrogens with zero attached hydrogens (tertiary/aromatic N) is 1. The van der Waals surface area contributed by atoms with Crippen LogP contribution in [0.1, 0.15) is 46.3 Å². The highest BCUT2D eigenvalue weighted by atomic mass is 32.1. The summed E-state index contributed by atoms with van der Waals surface area (Å²) in [6.45, 7) is 3.27. The van der Waals surface area contributed by atoms with Crippen molar-refractivity contribution in [2.75, 3.05) is 5.32 Å². The quantitative estimate of drug-likeness (QED) is 0.869. The smallest absolute Gasteiger partial charge is 0.340 e. The maximum Gasteiger partial charge on any atom is 0.340 e. The van der Waals surface area contributed by atoms with E-state index in [0.29, 0.717) is 17.1 Å². The lowest BCUT2D eigenvalue weighted by atomic mass is 9.96. The van der Waals surface area contributed by atoms with E-state index >= 15 is 0 Å². The van der Waals surface area contributed by atoms with E-state index < -0.39 is 18.0 Å². The van der Waals surface area contributed by atoms with Gasteiger partial charge >= 0.3 is 5.97 Å². The van der Waals surface area contributed by atoms with Crippen LogP contribution in [0.3, 0.4) is 0 Å². The van der Waals surface area contributed by atoms with E-state index in [-0.39, 0.29) is 0 Å². The van der Waals surface area contributed by atoms with Crippen LogP contribution in [0.5, 0.6) is 0 Å². The van der Waals surface area contributed by atoms with E-state index in [0.717, 1.165) is 31.2 Å². The molecule has 0 aliphatic heterocycles. The minimum absolute atomic E-state index is 0.309. The molecular weight excluding hydrogens is 316 g/mol. The Morgan fingerprint density at radius 1 is 1.39 bits per heavy atom. The number of carbonyl (C=O) groups is 2. The molecule has 1 N–H and O–H groups in total. The molecule has 0 saturated heterocycles. The molecule has 122 valence electrons. The molecule has 0 aromatic carbocycles. The largest absolute Gasteiger partial charge is 0.449 e. The zero-order chi connectivity index (χ0) is 16.4. The number of aryl methyl sites for hydroxylation is 2. The van der Waals surface area contributed by atoms with Crippen LogP contribution in [0.4, 0.5) is 5.82 Å². The van der Waals surface area contributed by atoms with Gasteiger partial charge in [0.25, 0.3) is 5.91 Å². The first-order valence-corrected chi connectivity index (χ1v) is 8.47. The van der Waals surface area contributed by atoms with Gasteiger partial charge < -0.3 is 14.6 Å². The molecule has 2 heterocycles. The SMILES string of the molecule is Cc1cc(NC(=O)[C@@H](C)OC(=O)c2csc3c2CCCC3)no1. The molecular formula is C16H18N2O4S. The van der Waals surface area contributed by atoms with Gasteiger partial charge in [-0.3, -0.25) is 4.79 Å². The fraction of sp³-hybridized carbons (Fsp3) is 0.438. The van der Waals surface area contributed by atoms with Gasteiger partial charge in [-0.15, -0.1) is 11.3 Å². The minimum Gasteiger partial charge on any atom is -0.449 e. The zero-order valence-electron chi connectivity index (χ0n) is 13.0. The Balaban J connectivity index is 1.63. The second kappa shape index (κ2) is 6.54. The number of rotatable bonds is 4. The van der Waals surface area contributed by atoms with Crippen molar-refractivity contribution in [2.24, 2.45) is 0 Å². The van der Waals surface area contributed by atoms with Crippen LogP contribution >= 0.6 is 11.3 Å². The third-order valence-electron chi connectivity index (χ3n) is 3.81. The van der Waals surface area contributed by atoms with E-state index in [9.17, 15) is 9.59 Å². The topological polar surface area (TPSA) is 81.4 Å². The van der Waals surface area contributed by atoms with Crippen LogP contribution in [0.25, 0.3) is 0 Å². The third kappa shape index (κ3) is 3.44. The van der Waals surface area contributed by atoms with Gasteiger partial charge in [-0.25, -0.2) is 4.79 Å². The molecule has 0 bridgehead atoms. The van der Waals surface area contributed by atoms with Crippen molar-refractivity contribution in [1.82, 2.24) is 5.16 Å². The summed E-state index contributed by atoms with van der Waals surface area (Å²) in [5, 5.41) is 8.07. The molecule has 2 aromatic rings. The predicted octanol–water partition coefficient (Wildman–Crippen LogP) is 3.11. The molecule has 0 radical (unpaired) electrons. The molecule has 1 aliphatic carbocycles. The van der Waals surface area contributed by atoms with E-state index in [1.807, 2.05) is 5.38 Å². The molecule has 3 rings (SSSR count). The van der Waals surface area contributed by atoms with Gasteiger partial charge in [0.05, 0.1) is 5.56 Å². The van der Waals surface area contributed by atoms with E-state index in [4.69, 9.17) is 9.26 Å². The van der Waals surface area contributed by atoms with Crippen molar-refractivity contribution >= 4 is 29.0 Å². The summed E-state index contributed by atoms with van der Waals surface area (Å²) < 4.78 is 10.2. The molecule has 2 aromatic heterocycles.